The van der Waals surface area contributed by atoms with Gasteiger partial charge >= 0.3 is 0 Å². The maximum absolute atomic E-state index is 13.1. The molecule has 0 bridgehead atoms. The van der Waals surface area contributed by atoms with Gasteiger partial charge in [-0.25, -0.2) is 13.9 Å². The molecule has 1 aromatic heterocycles. The Morgan fingerprint density at radius 1 is 1.60 bits per heavy atom. The van der Waals surface area contributed by atoms with Gasteiger partial charge in [-0.2, -0.15) is 4.39 Å². The minimum Gasteiger partial charge on any atom is -0.242 e. The highest BCUT2D eigenvalue weighted by atomic mass is 79.9. The van der Waals surface area contributed by atoms with Crippen LogP contribution in [-0.2, 0) is 11.0 Å². The van der Waals surface area contributed by atoms with Crippen LogP contribution in [0.1, 0.15) is 45.2 Å². The van der Waals surface area contributed by atoms with Gasteiger partial charge in [-0.3, -0.25) is 0 Å². The summed E-state index contributed by atoms with van der Waals surface area (Å²) in [6, 6.07) is 1.15. The molecule has 112 valence electrons. The lowest BCUT2D eigenvalue weighted by Gasteiger charge is -2.24. The Balaban J connectivity index is 2.99. The normalized spacial score (nSPS) is 14.8. The molecule has 6 heteroatoms. The van der Waals surface area contributed by atoms with E-state index in [9.17, 15) is 8.60 Å². The molecule has 0 saturated carbocycles. The van der Waals surface area contributed by atoms with Gasteiger partial charge in [-0.15, -0.1) is 6.58 Å². The first-order valence-corrected chi connectivity index (χ1v) is 8.30. The smallest absolute Gasteiger partial charge is 0.213 e. The second kappa shape index (κ2) is 7.43. The van der Waals surface area contributed by atoms with Crippen LogP contribution < -0.4 is 4.72 Å². The Labute approximate surface area is 130 Å². The van der Waals surface area contributed by atoms with Crippen LogP contribution in [0.3, 0.4) is 0 Å². The van der Waals surface area contributed by atoms with E-state index in [0.717, 1.165) is 18.4 Å². The summed E-state index contributed by atoms with van der Waals surface area (Å²) in [4.78, 5) is 3.68. The van der Waals surface area contributed by atoms with Crippen molar-refractivity contribution in [2.24, 2.45) is 0 Å². The monoisotopic (exact) mass is 362 g/mol. The van der Waals surface area contributed by atoms with E-state index in [1.165, 1.54) is 12.3 Å². The second-order valence-electron chi connectivity index (χ2n) is 5.45. The number of nitrogens with one attached hydrogen (secondary N) is 1. The molecule has 0 aliphatic carbocycles. The average Bonchev–Trinajstić information content (AvgIpc) is 2.33. The molecule has 1 aromatic rings. The number of hydrogen-bond acceptors (Lipinski definition) is 2. The van der Waals surface area contributed by atoms with Crippen molar-refractivity contribution >= 4 is 26.9 Å². The molecule has 0 fully saturated rings. The highest BCUT2D eigenvalue weighted by molar-refractivity contribution is 9.10. The Hall–Kier alpha value is -0.590. The van der Waals surface area contributed by atoms with Crippen molar-refractivity contribution in [3.63, 3.8) is 0 Å². The molecule has 0 saturated heterocycles. The van der Waals surface area contributed by atoms with E-state index in [4.69, 9.17) is 0 Å². The molecule has 0 amide bonds. The van der Waals surface area contributed by atoms with E-state index in [0.29, 0.717) is 4.47 Å². The molecule has 1 N–H and O–H groups in total. The Morgan fingerprint density at radius 3 is 2.75 bits per heavy atom. The van der Waals surface area contributed by atoms with Crippen molar-refractivity contribution in [2.75, 3.05) is 0 Å². The van der Waals surface area contributed by atoms with Crippen molar-refractivity contribution in [3.8, 4) is 0 Å². The lowest BCUT2D eigenvalue weighted by atomic mass is 10.1. The summed E-state index contributed by atoms with van der Waals surface area (Å²) in [7, 11) is -1.21. The number of rotatable bonds is 6. The number of hydrogen-bond donors (Lipinski definition) is 1. The Morgan fingerprint density at radius 2 is 2.25 bits per heavy atom. The van der Waals surface area contributed by atoms with Crippen LogP contribution in [0, 0.1) is 5.95 Å². The fourth-order valence-electron chi connectivity index (χ4n) is 1.54. The average molecular weight is 363 g/mol. The molecule has 0 aliphatic heterocycles. The number of aromatic nitrogens is 1. The van der Waals surface area contributed by atoms with E-state index in [2.05, 4.69) is 32.2 Å². The van der Waals surface area contributed by atoms with Gasteiger partial charge in [0.2, 0.25) is 5.95 Å². The molecule has 0 aliphatic rings. The molecule has 3 nitrogen and oxygen atoms in total. The van der Waals surface area contributed by atoms with Gasteiger partial charge in [-0.1, -0.05) is 22.0 Å². The highest BCUT2D eigenvalue weighted by Gasteiger charge is 2.24. The molecular formula is C14H20BrFN2OS. The predicted molar refractivity (Wildman–Crippen MR) is 85.1 cm³/mol. The highest BCUT2D eigenvalue weighted by Crippen LogP contribution is 2.28. The molecule has 0 spiro atoms. The lowest BCUT2D eigenvalue weighted by Crippen LogP contribution is -2.36. The van der Waals surface area contributed by atoms with Crippen molar-refractivity contribution < 1.29 is 8.60 Å². The van der Waals surface area contributed by atoms with Crippen LogP contribution >= 0.6 is 15.9 Å². The summed E-state index contributed by atoms with van der Waals surface area (Å²) < 4.78 is 28.7. The van der Waals surface area contributed by atoms with Crippen LogP contribution in [0.5, 0.6) is 0 Å². The maximum atomic E-state index is 13.1. The van der Waals surface area contributed by atoms with Crippen molar-refractivity contribution in [3.05, 3.63) is 40.9 Å². The van der Waals surface area contributed by atoms with Crippen molar-refractivity contribution in [1.82, 2.24) is 9.71 Å². The summed E-state index contributed by atoms with van der Waals surface area (Å²) in [6.07, 6.45) is 4.76. The quantitative estimate of drug-likeness (QED) is 0.612. The summed E-state index contributed by atoms with van der Waals surface area (Å²) in [6.45, 7) is 9.40. The standard InChI is InChI=1S/C14H20BrFN2OS/c1-5-6-7-12(18-20(19)14(2,3)4)10-9-17-13(16)8-11(10)15/h5,8-9,12,18H,1,6-7H2,2-4H3. The van der Waals surface area contributed by atoms with Crippen LogP contribution in [-0.4, -0.2) is 13.9 Å². The van der Waals surface area contributed by atoms with Gasteiger partial charge < -0.3 is 0 Å². The third-order valence-corrected chi connectivity index (χ3v) is 4.99. The summed E-state index contributed by atoms with van der Waals surface area (Å²) >= 11 is 3.34. The van der Waals surface area contributed by atoms with Crippen LogP contribution in [0.25, 0.3) is 0 Å². The van der Waals surface area contributed by atoms with E-state index in [-0.39, 0.29) is 10.8 Å². The minimum absolute atomic E-state index is 0.171. The summed E-state index contributed by atoms with van der Waals surface area (Å²) in [5.74, 6) is -0.542. The zero-order valence-electron chi connectivity index (χ0n) is 12.0. The molecule has 1 rings (SSSR count). The van der Waals surface area contributed by atoms with Crippen LogP contribution in [0.4, 0.5) is 4.39 Å². The van der Waals surface area contributed by atoms with Gasteiger partial charge in [0.05, 0.1) is 15.7 Å². The van der Waals surface area contributed by atoms with E-state index in [1.807, 2.05) is 20.8 Å². The molecule has 0 aromatic carbocycles. The summed E-state index contributed by atoms with van der Waals surface area (Å²) in [5, 5.41) is 0. The van der Waals surface area contributed by atoms with Gasteiger partial charge in [0.25, 0.3) is 0 Å². The number of pyridine rings is 1. The molecule has 0 radical (unpaired) electrons. The van der Waals surface area contributed by atoms with Gasteiger partial charge in [0, 0.05) is 28.3 Å². The first-order valence-electron chi connectivity index (χ1n) is 6.35. The predicted octanol–water partition coefficient (Wildman–Crippen LogP) is 4.04. The van der Waals surface area contributed by atoms with E-state index in [1.54, 1.807) is 6.08 Å². The molecule has 20 heavy (non-hydrogen) atoms. The zero-order chi connectivity index (χ0) is 15.3. The maximum Gasteiger partial charge on any atom is 0.213 e. The first-order chi connectivity index (χ1) is 9.25. The van der Waals surface area contributed by atoms with E-state index < -0.39 is 16.9 Å². The Kier molecular flexibility index (Phi) is 6.48. The number of halogens is 2. The largest absolute Gasteiger partial charge is 0.242 e. The minimum atomic E-state index is -1.21. The fraction of sp³-hybridized carbons (Fsp3) is 0.500. The van der Waals surface area contributed by atoms with Crippen LogP contribution in [0.15, 0.2) is 29.4 Å². The molecular weight excluding hydrogens is 343 g/mol. The lowest BCUT2D eigenvalue weighted by molar-refractivity contribution is 0.557. The first kappa shape index (κ1) is 17.5. The third-order valence-electron chi connectivity index (χ3n) is 2.69. The van der Waals surface area contributed by atoms with Crippen molar-refractivity contribution in [2.45, 2.75) is 44.4 Å². The number of nitrogens with zero attached hydrogens (tertiary/aromatic N) is 1. The van der Waals surface area contributed by atoms with E-state index >= 15 is 0 Å². The summed E-state index contributed by atoms with van der Waals surface area (Å²) in [5.41, 5.74) is 0.797. The zero-order valence-corrected chi connectivity index (χ0v) is 14.4. The SMILES string of the molecule is C=CCCC(NS(=O)C(C)(C)C)c1cnc(F)cc1Br. The van der Waals surface area contributed by atoms with Gasteiger partial charge in [-0.05, 0) is 33.6 Å². The number of allylic oxidation sites excluding steroid dienone is 1. The second-order valence-corrected chi connectivity index (χ2v) is 8.30. The molecule has 2 unspecified atom stereocenters. The third kappa shape index (κ3) is 5.07. The van der Waals surface area contributed by atoms with Gasteiger partial charge in [0.1, 0.15) is 0 Å². The van der Waals surface area contributed by atoms with Crippen LogP contribution in [0.2, 0.25) is 0 Å². The molecule has 1 heterocycles. The van der Waals surface area contributed by atoms with Crippen molar-refractivity contribution in [1.29, 1.82) is 0 Å². The topological polar surface area (TPSA) is 42.0 Å². The Bertz CT molecular complexity index is 502. The van der Waals surface area contributed by atoms with Gasteiger partial charge in [0.15, 0.2) is 0 Å². The fourth-order valence-corrected chi connectivity index (χ4v) is 2.97. The molecule has 2 atom stereocenters.